The van der Waals surface area contributed by atoms with E-state index >= 15 is 0 Å². The van der Waals surface area contributed by atoms with Crippen LogP contribution >= 0.6 is 0 Å². The van der Waals surface area contributed by atoms with Crippen molar-refractivity contribution in [3.63, 3.8) is 0 Å². The number of benzene rings is 1. The molecule has 5 nitrogen and oxygen atoms in total. The first kappa shape index (κ1) is 12.4. The number of para-hydroxylation sites is 2. The molecule has 0 saturated heterocycles. The molecule has 0 radical (unpaired) electrons. The van der Waals surface area contributed by atoms with Gasteiger partial charge in [-0.25, -0.2) is 4.98 Å². The lowest BCUT2D eigenvalue weighted by Gasteiger charge is -2.05. The van der Waals surface area contributed by atoms with Gasteiger partial charge in [-0.1, -0.05) is 12.1 Å². The zero-order chi connectivity index (χ0) is 13.9. The highest BCUT2D eigenvalue weighted by Gasteiger charge is 2.11. The summed E-state index contributed by atoms with van der Waals surface area (Å²) in [4.78, 5) is 4.54. The van der Waals surface area contributed by atoms with Crippen LogP contribution < -0.4 is 0 Å². The Balaban J connectivity index is 2.04. The number of nitrogens with zero attached hydrogens (tertiary/aromatic N) is 5. The summed E-state index contributed by atoms with van der Waals surface area (Å²) in [7, 11) is 0. The van der Waals surface area contributed by atoms with Gasteiger partial charge in [-0.3, -0.25) is 4.68 Å². The first-order valence-electron chi connectivity index (χ1n) is 6.64. The van der Waals surface area contributed by atoms with Gasteiger partial charge in [0.05, 0.1) is 36.3 Å². The summed E-state index contributed by atoms with van der Waals surface area (Å²) in [6, 6.07) is 10.1. The molecule has 0 spiro atoms. The molecule has 20 heavy (non-hydrogen) atoms. The van der Waals surface area contributed by atoms with Crippen molar-refractivity contribution in [1.82, 2.24) is 19.3 Å². The normalized spacial score (nSPS) is 10.8. The maximum absolute atomic E-state index is 8.96. The van der Waals surface area contributed by atoms with Crippen LogP contribution in [-0.2, 0) is 19.5 Å². The molecule has 2 aromatic heterocycles. The molecule has 0 fully saturated rings. The number of fused-ring (bicyclic) bond motifs is 1. The molecule has 0 bridgehead atoms. The van der Waals surface area contributed by atoms with Gasteiger partial charge in [0, 0.05) is 18.3 Å². The van der Waals surface area contributed by atoms with Crippen LogP contribution in [0.1, 0.15) is 18.3 Å². The second-order valence-electron chi connectivity index (χ2n) is 4.64. The standard InChI is InChI=1S/C15H15N5/c1-2-19-10-12(9-17-19)11-20-14-6-4-3-5-13(14)18-15(20)7-8-16/h3-6,9-10H,2,7,11H2,1H3. The van der Waals surface area contributed by atoms with Crippen LogP contribution in [0.2, 0.25) is 0 Å². The van der Waals surface area contributed by atoms with E-state index in [2.05, 4.69) is 27.6 Å². The van der Waals surface area contributed by atoms with E-state index in [4.69, 9.17) is 5.26 Å². The monoisotopic (exact) mass is 265 g/mol. The molecule has 0 saturated carbocycles. The molecular weight excluding hydrogens is 250 g/mol. The summed E-state index contributed by atoms with van der Waals surface area (Å²) in [6.07, 6.45) is 4.22. The molecular formula is C15H15N5. The highest BCUT2D eigenvalue weighted by atomic mass is 15.3. The Kier molecular flexibility index (Phi) is 3.21. The third kappa shape index (κ3) is 2.16. The lowest BCUT2D eigenvalue weighted by atomic mass is 10.3. The van der Waals surface area contributed by atoms with Gasteiger partial charge in [0.25, 0.3) is 0 Å². The molecule has 3 rings (SSSR count). The van der Waals surface area contributed by atoms with Crippen molar-refractivity contribution < 1.29 is 0 Å². The van der Waals surface area contributed by atoms with E-state index in [0.717, 1.165) is 29.0 Å². The molecule has 0 amide bonds. The zero-order valence-corrected chi connectivity index (χ0v) is 11.3. The van der Waals surface area contributed by atoms with E-state index in [1.54, 1.807) is 0 Å². The highest BCUT2D eigenvalue weighted by molar-refractivity contribution is 5.76. The van der Waals surface area contributed by atoms with Crippen molar-refractivity contribution in [2.75, 3.05) is 0 Å². The van der Waals surface area contributed by atoms with E-state index in [-0.39, 0.29) is 0 Å². The van der Waals surface area contributed by atoms with Crippen molar-refractivity contribution in [2.45, 2.75) is 26.4 Å². The van der Waals surface area contributed by atoms with Gasteiger partial charge in [-0.05, 0) is 19.1 Å². The topological polar surface area (TPSA) is 59.4 Å². The Morgan fingerprint density at radius 1 is 1.30 bits per heavy atom. The Morgan fingerprint density at radius 2 is 2.15 bits per heavy atom. The minimum absolute atomic E-state index is 0.316. The molecule has 100 valence electrons. The SMILES string of the molecule is CCn1cc(Cn2c(CC#N)nc3ccccc32)cn1. The molecule has 5 heteroatoms. The molecule has 0 unspecified atom stereocenters. The van der Waals surface area contributed by atoms with Gasteiger partial charge >= 0.3 is 0 Å². The van der Waals surface area contributed by atoms with E-state index in [0.29, 0.717) is 13.0 Å². The molecule has 1 aromatic carbocycles. The van der Waals surface area contributed by atoms with Gasteiger partial charge in [0.15, 0.2) is 0 Å². The molecule has 2 heterocycles. The summed E-state index contributed by atoms with van der Waals surface area (Å²) in [5.41, 5.74) is 3.11. The smallest absolute Gasteiger partial charge is 0.124 e. The summed E-state index contributed by atoms with van der Waals surface area (Å²) in [5.74, 6) is 0.804. The van der Waals surface area contributed by atoms with E-state index < -0.39 is 0 Å². The molecule has 0 N–H and O–H groups in total. The second-order valence-corrected chi connectivity index (χ2v) is 4.64. The van der Waals surface area contributed by atoms with Gasteiger partial charge < -0.3 is 4.57 Å². The summed E-state index contributed by atoms with van der Waals surface area (Å²) < 4.78 is 3.99. The van der Waals surface area contributed by atoms with Gasteiger partial charge in [-0.15, -0.1) is 0 Å². The van der Waals surface area contributed by atoms with Crippen LogP contribution in [0.4, 0.5) is 0 Å². The summed E-state index contributed by atoms with van der Waals surface area (Å²) in [6.45, 7) is 3.61. The maximum Gasteiger partial charge on any atom is 0.124 e. The number of aromatic nitrogens is 4. The fraction of sp³-hybridized carbons (Fsp3) is 0.267. The predicted octanol–water partition coefficient (Wildman–Crippen LogP) is 2.37. The molecule has 3 aromatic rings. The predicted molar refractivity (Wildman–Crippen MR) is 76.1 cm³/mol. The van der Waals surface area contributed by atoms with Crippen LogP contribution in [0.5, 0.6) is 0 Å². The van der Waals surface area contributed by atoms with E-state index in [9.17, 15) is 0 Å². The number of imidazole rings is 1. The van der Waals surface area contributed by atoms with Crippen LogP contribution in [0.3, 0.4) is 0 Å². The number of hydrogen-bond acceptors (Lipinski definition) is 3. The Morgan fingerprint density at radius 3 is 2.90 bits per heavy atom. The fourth-order valence-electron chi connectivity index (χ4n) is 2.35. The summed E-state index contributed by atoms with van der Waals surface area (Å²) in [5, 5.41) is 13.2. The van der Waals surface area contributed by atoms with Gasteiger partial charge in [-0.2, -0.15) is 10.4 Å². The number of aryl methyl sites for hydroxylation is 1. The first-order chi connectivity index (χ1) is 9.81. The minimum Gasteiger partial charge on any atom is -0.322 e. The Labute approximate surface area is 117 Å². The van der Waals surface area contributed by atoms with Crippen molar-refractivity contribution in [3.8, 4) is 6.07 Å². The largest absolute Gasteiger partial charge is 0.322 e. The number of hydrogen-bond donors (Lipinski definition) is 0. The van der Waals surface area contributed by atoms with Gasteiger partial charge in [0.1, 0.15) is 5.82 Å². The third-order valence-corrected chi connectivity index (χ3v) is 3.32. The van der Waals surface area contributed by atoms with E-state index in [1.807, 2.05) is 41.3 Å². The molecule has 0 aliphatic heterocycles. The van der Waals surface area contributed by atoms with Crippen LogP contribution in [-0.4, -0.2) is 19.3 Å². The average Bonchev–Trinajstić information content (AvgIpc) is 3.05. The first-order valence-corrected chi connectivity index (χ1v) is 6.64. The molecule has 0 aliphatic carbocycles. The lowest BCUT2D eigenvalue weighted by Crippen LogP contribution is -2.04. The highest BCUT2D eigenvalue weighted by Crippen LogP contribution is 2.18. The quantitative estimate of drug-likeness (QED) is 0.727. The fourth-order valence-corrected chi connectivity index (χ4v) is 2.35. The van der Waals surface area contributed by atoms with Crippen molar-refractivity contribution in [3.05, 3.63) is 48.0 Å². The van der Waals surface area contributed by atoms with Crippen molar-refractivity contribution in [1.29, 1.82) is 5.26 Å². The maximum atomic E-state index is 8.96. The van der Waals surface area contributed by atoms with Crippen molar-refractivity contribution >= 4 is 11.0 Å². The van der Waals surface area contributed by atoms with Crippen molar-refractivity contribution in [2.24, 2.45) is 0 Å². The second kappa shape index (κ2) is 5.17. The lowest BCUT2D eigenvalue weighted by molar-refractivity contribution is 0.658. The third-order valence-electron chi connectivity index (χ3n) is 3.32. The average molecular weight is 265 g/mol. The van der Waals surface area contributed by atoms with Gasteiger partial charge in [0.2, 0.25) is 0 Å². The summed E-state index contributed by atoms with van der Waals surface area (Å²) >= 11 is 0. The Hall–Kier alpha value is -2.61. The number of nitriles is 1. The molecule has 0 aliphatic rings. The van der Waals surface area contributed by atoms with Crippen LogP contribution in [0.15, 0.2) is 36.7 Å². The minimum atomic E-state index is 0.316. The Bertz CT molecular complexity index is 775. The zero-order valence-electron chi connectivity index (χ0n) is 11.3. The molecule has 0 atom stereocenters. The van der Waals surface area contributed by atoms with Crippen LogP contribution in [0, 0.1) is 11.3 Å². The van der Waals surface area contributed by atoms with E-state index in [1.165, 1.54) is 0 Å². The van der Waals surface area contributed by atoms with Crippen LogP contribution in [0.25, 0.3) is 11.0 Å². The number of rotatable bonds is 4.